The van der Waals surface area contributed by atoms with Crippen LogP contribution >= 0.6 is 12.2 Å². The number of rotatable bonds is 1. The van der Waals surface area contributed by atoms with Crippen molar-refractivity contribution in [2.45, 2.75) is 0 Å². The van der Waals surface area contributed by atoms with Crippen LogP contribution in [0.1, 0.15) is 0 Å². The van der Waals surface area contributed by atoms with Gasteiger partial charge in [-0.1, -0.05) is 0 Å². The Morgan fingerprint density at radius 2 is 1.71 bits per heavy atom. The van der Waals surface area contributed by atoms with Crippen molar-refractivity contribution < 1.29 is 17.6 Å². The van der Waals surface area contributed by atoms with E-state index in [0.29, 0.717) is 6.07 Å². The fraction of sp³-hybridized carbons (Fsp3) is 0. The van der Waals surface area contributed by atoms with Crippen molar-refractivity contribution in [3.05, 3.63) is 46.4 Å². The number of nitrogens with zero attached hydrogens (tertiary/aromatic N) is 1. The van der Waals surface area contributed by atoms with Gasteiger partial charge in [0.2, 0.25) is 0 Å². The molecule has 0 amide bonds. The lowest BCUT2D eigenvalue weighted by Gasteiger charge is -2.05. The third-order valence-corrected chi connectivity index (χ3v) is 2.28. The molecular formula is C10H4F4N2S. The Bertz CT molecular complexity index is 639. The van der Waals surface area contributed by atoms with Crippen molar-refractivity contribution in [3.63, 3.8) is 0 Å². The van der Waals surface area contributed by atoms with E-state index in [0.717, 1.165) is 12.3 Å². The van der Waals surface area contributed by atoms with Gasteiger partial charge in [0.15, 0.2) is 28.0 Å². The van der Waals surface area contributed by atoms with E-state index in [2.05, 4.69) is 22.2 Å². The first-order valence-electron chi connectivity index (χ1n) is 4.39. The lowest BCUT2D eigenvalue weighted by atomic mass is 10.1. The van der Waals surface area contributed by atoms with Gasteiger partial charge in [-0.25, -0.2) is 22.5 Å². The molecule has 1 aromatic carbocycles. The van der Waals surface area contributed by atoms with Crippen LogP contribution in [0, 0.1) is 28.0 Å². The fourth-order valence-electron chi connectivity index (χ4n) is 1.29. The summed E-state index contributed by atoms with van der Waals surface area (Å²) in [5.74, 6) is -5.42. The summed E-state index contributed by atoms with van der Waals surface area (Å²) in [5.41, 5.74) is -0.823. The van der Waals surface area contributed by atoms with Crippen molar-refractivity contribution in [1.29, 1.82) is 0 Å². The minimum absolute atomic E-state index is 0.0921. The second-order valence-electron chi connectivity index (χ2n) is 3.13. The van der Waals surface area contributed by atoms with Crippen LogP contribution in [-0.4, -0.2) is 9.97 Å². The molecule has 0 spiro atoms. The molecule has 0 atom stereocenters. The third kappa shape index (κ3) is 2.05. The Hall–Kier alpha value is -1.76. The van der Waals surface area contributed by atoms with E-state index < -0.39 is 28.8 Å². The average molecular weight is 260 g/mol. The van der Waals surface area contributed by atoms with Crippen molar-refractivity contribution in [3.8, 4) is 11.3 Å². The monoisotopic (exact) mass is 260 g/mol. The quantitative estimate of drug-likeness (QED) is 0.484. The summed E-state index contributed by atoms with van der Waals surface area (Å²) in [4.78, 5) is 5.71. The van der Waals surface area contributed by atoms with E-state index in [9.17, 15) is 17.6 Å². The summed E-state index contributed by atoms with van der Waals surface area (Å²) >= 11 is 4.64. The Morgan fingerprint density at radius 3 is 2.41 bits per heavy atom. The Balaban J connectivity index is 2.73. The number of aromatic amines is 1. The van der Waals surface area contributed by atoms with E-state index in [1.807, 2.05) is 0 Å². The number of hydrogen-bond donors (Lipinski definition) is 1. The first-order valence-corrected chi connectivity index (χ1v) is 4.80. The summed E-state index contributed by atoms with van der Waals surface area (Å²) in [6.45, 7) is 0. The van der Waals surface area contributed by atoms with Crippen LogP contribution in [0.2, 0.25) is 0 Å². The maximum atomic E-state index is 13.4. The molecule has 0 saturated heterocycles. The largest absolute Gasteiger partial charge is 0.328 e. The number of nitrogens with one attached hydrogen (secondary N) is 1. The molecule has 0 fully saturated rings. The van der Waals surface area contributed by atoms with Gasteiger partial charge >= 0.3 is 0 Å². The molecule has 1 N–H and O–H groups in total. The molecule has 0 unspecified atom stereocenters. The highest BCUT2D eigenvalue weighted by Gasteiger charge is 2.17. The number of hydrogen-bond acceptors (Lipinski definition) is 2. The van der Waals surface area contributed by atoms with E-state index >= 15 is 0 Å². The van der Waals surface area contributed by atoms with E-state index in [1.165, 1.54) is 0 Å². The van der Waals surface area contributed by atoms with Crippen molar-refractivity contribution >= 4 is 12.2 Å². The smallest absolute Gasteiger partial charge is 0.197 e. The average Bonchev–Trinajstić information content (AvgIpc) is 2.30. The molecule has 0 radical (unpaired) electrons. The number of aromatic nitrogens is 2. The van der Waals surface area contributed by atoms with Crippen LogP contribution in [0.15, 0.2) is 18.3 Å². The van der Waals surface area contributed by atoms with Crippen LogP contribution in [0.4, 0.5) is 17.6 Å². The highest BCUT2D eigenvalue weighted by Crippen LogP contribution is 2.25. The highest BCUT2D eigenvalue weighted by atomic mass is 32.1. The molecular weight excluding hydrogens is 256 g/mol. The van der Waals surface area contributed by atoms with Gasteiger partial charge in [0.25, 0.3) is 0 Å². The third-order valence-electron chi connectivity index (χ3n) is 2.07. The lowest BCUT2D eigenvalue weighted by molar-refractivity contribution is 0.448. The molecule has 88 valence electrons. The molecule has 0 bridgehead atoms. The predicted octanol–water partition coefficient (Wildman–Crippen LogP) is 3.36. The molecule has 0 aliphatic carbocycles. The zero-order valence-electron chi connectivity index (χ0n) is 8.10. The van der Waals surface area contributed by atoms with Gasteiger partial charge in [-0.05, 0) is 24.4 Å². The molecule has 1 aromatic heterocycles. The summed E-state index contributed by atoms with van der Waals surface area (Å²) in [6, 6.07) is 1.61. The molecule has 0 aliphatic heterocycles. The van der Waals surface area contributed by atoms with Crippen LogP contribution in [0.25, 0.3) is 11.3 Å². The minimum atomic E-state index is -1.67. The first-order chi connectivity index (χ1) is 8.00. The molecule has 1 heterocycles. The fourth-order valence-corrected chi connectivity index (χ4v) is 1.45. The van der Waals surface area contributed by atoms with Gasteiger partial charge in [0, 0.05) is 5.56 Å². The normalized spacial score (nSPS) is 10.6. The predicted molar refractivity (Wildman–Crippen MR) is 54.7 cm³/mol. The summed E-state index contributed by atoms with van der Waals surface area (Å²) in [7, 11) is 0. The summed E-state index contributed by atoms with van der Waals surface area (Å²) in [5, 5.41) is 0. The van der Waals surface area contributed by atoms with Crippen molar-refractivity contribution in [2.24, 2.45) is 0 Å². The Labute approximate surface area is 97.9 Å². The SMILES string of the molecule is Fc1cnc(=S)[nH]c1-c1ccc(F)c(F)c1F. The number of halogens is 4. The molecule has 17 heavy (non-hydrogen) atoms. The molecule has 0 saturated carbocycles. The van der Waals surface area contributed by atoms with Crippen LogP contribution in [0.3, 0.4) is 0 Å². The van der Waals surface area contributed by atoms with Crippen LogP contribution in [0.5, 0.6) is 0 Å². The van der Waals surface area contributed by atoms with Crippen molar-refractivity contribution in [1.82, 2.24) is 9.97 Å². The summed E-state index contributed by atoms with van der Waals surface area (Å²) < 4.78 is 52.3. The van der Waals surface area contributed by atoms with Gasteiger partial charge in [-0.2, -0.15) is 0 Å². The van der Waals surface area contributed by atoms with Crippen LogP contribution < -0.4 is 0 Å². The van der Waals surface area contributed by atoms with Gasteiger partial charge in [0.1, 0.15) is 0 Å². The maximum Gasteiger partial charge on any atom is 0.197 e. The molecule has 7 heteroatoms. The highest BCUT2D eigenvalue weighted by molar-refractivity contribution is 7.71. The van der Waals surface area contributed by atoms with Gasteiger partial charge in [0.05, 0.1) is 11.9 Å². The first kappa shape index (κ1) is 11.7. The van der Waals surface area contributed by atoms with Gasteiger partial charge in [-0.3, -0.25) is 0 Å². The zero-order valence-corrected chi connectivity index (χ0v) is 8.92. The standard InChI is InChI=1S/C10H4F4N2S/c11-5-2-1-4(7(13)8(5)14)9-6(12)3-15-10(17)16-9/h1-3H,(H,15,16,17). The molecule has 2 rings (SSSR count). The number of benzene rings is 1. The molecule has 2 aromatic rings. The van der Waals surface area contributed by atoms with Gasteiger partial charge in [-0.15, -0.1) is 0 Å². The summed E-state index contributed by atoms with van der Waals surface area (Å²) in [6.07, 6.45) is 0.773. The second kappa shape index (κ2) is 4.25. The van der Waals surface area contributed by atoms with E-state index in [-0.39, 0.29) is 10.5 Å². The maximum absolute atomic E-state index is 13.4. The van der Waals surface area contributed by atoms with Gasteiger partial charge < -0.3 is 4.98 Å². The molecule has 0 aliphatic rings. The second-order valence-corrected chi connectivity index (χ2v) is 3.52. The van der Waals surface area contributed by atoms with E-state index in [4.69, 9.17) is 0 Å². The molecule has 2 nitrogen and oxygen atoms in total. The number of H-pyrrole nitrogens is 1. The lowest BCUT2D eigenvalue weighted by Crippen LogP contribution is -1.98. The minimum Gasteiger partial charge on any atom is -0.328 e. The zero-order chi connectivity index (χ0) is 12.6. The Kier molecular flexibility index (Phi) is 2.93. The Morgan fingerprint density at radius 1 is 1.00 bits per heavy atom. The van der Waals surface area contributed by atoms with E-state index in [1.54, 1.807) is 0 Å². The van der Waals surface area contributed by atoms with Crippen molar-refractivity contribution in [2.75, 3.05) is 0 Å². The van der Waals surface area contributed by atoms with Crippen LogP contribution in [-0.2, 0) is 0 Å². The topological polar surface area (TPSA) is 28.7 Å².